The molecule has 0 fully saturated rings. The summed E-state index contributed by atoms with van der Waals surface area (Å²) in [6.45, 7) is 4.17. The van der Waals surface area contributed by atoms with Crippen LogP contribution >= 0.6 is 11.6 Å². The molecule has 0 atom stereocenters. The number of anilines is 2. The van der Waals surface area contributed by atoms with E-state index < -0.39 is 5.91 Å². The molecule has 0 saturated heterocycles. The third kappa shape index (κ3) is 4.61. The van der Waals surface area contributed by atoms with Gasteiger partial charge in [0.1, 0.15) is 11.6 Å². The molecule has 1 amide bonds. The molecule has 0 unspecified atom stereocenters. The van der Waals surface area contributed by atoms with Gasteiger partial charge in [-0.1, -0.05) is 49.7 Å². The summed E-state index contributed by atoms with van der Waals surface area (Å²) in [5.41, 5.74) is 2.50. The fourth-order valence-corrected chi connectivity index (χ4v) is 2.39. The summed E-state index contributed by atoms with van der Waals surface area (Å²) in [7, 11) is 0. The molecule has 5 heteroatoms. The number of para-hydroxylation sites is 1. The summed E-state index contributed by atoms with van der Waals surface area (Å²) >= 11 is 5.89. The standard InChI is InChI=1S/C19H18ClN3O/c1-13(2)17-8-3-4-9-18(17)22-12-14(11-21)19(24)23-16-7-5-6-15(20)10-16/h3-10,12-13,22H,1-2H3,(H,23,24)/b14-12-. The Balaban J connectivity index is 2.15. The highest BCUT2D eigenvalue weighted by Crippen LogP contribution is 2.24. The smallest absolute Gasteiger partial charge is 0.267 e. The number of nitriles is 1. The van der Waals surface area contributed by atoms with E-state index in [1.165, 1.54) is 6.20 Å². The van der Waals surface area contributed by atoms with Crippen molar-refractivity contribution in [1.29, 1.82) is 5.26 Å². The number of amides is 1. The molecule has 0 aliphatic carbocycles. The Morgan fingerprint density at radius 3 is 2.62 bits per heavy atom. The van der Waals surface area contributed by atoms with Crippen LogP contribution in [0.25, 0.3) is 0 Å². The quantitative estimate of drug-likeness (QED) is 0.600. The minimum atomic E-state index is -0.491. The zero-order valence-corrected chi connectivity index (χ0v) is 14.3. The number of rotatable bonds is 5. The van der Waals surface area contributed by atoms with Gasteiger partial charge in [0.05, 0.1) is 0 Å². The second-order valence-electron chi connectivity index (χ2n) is 5.52. The van der Waals surface area contributed by atoms with E-state index in [0.717, 1.165) is 11.3 Å². The molecule has 4 nitrogen and oxygen atoms in total. The maximum Gasteiger partial charge on any atom is 0.267 e. The predicted molar refractivity (Wildman–Crippen MR) is 97.9 cm³/mol. The van der Waals surface area contributed by atoms with Crippen LogP contribution in [-0.2, 0) is 4.79 Å². The van der Waals surface area contributed by atoms with E-state index in [9.17, 15) is 10.1 Å². The molecule has 0 aliphatic heterocycles. The zero-order chi connectivity index (χ0) is 17.5. The molecule has 0 bridgehead atoms. The Morgan fingerprint density at radius 1 is 1.21 bits per heavy atom. The van der Waals surface area contributed by atoms with Crippen LogP contribution in [0.1, 0.15) is 25.3 Å². The van der Waals surface area contributed by atoms with Crippen molar-refractivity contribution in [3.05, 3.63) is 70.9 Å². The number of nitrogens with one attached hydrogen (secondary N) is 2. The van der Waals surface area contributed by atoms with Crippen LogP contribution in [0, 0.1) is 11.3 Å². The minimum absolute atomic E-state index is 0.0199. The minimum Gasteiger partial charge on any atom is -0.360 e. The van der Waals surface area contributed by atoms with Crippen LogP contribution in [0.4, 0.5) is 11.4 Å². The Bertz CT molecular complexity index is 806. The summed E-state index contributed by atoms with van der Waals surface area (Å²) in [4.78, 5) is 12.2. The number of hydrogen-bond donors (Lipinski definition) is 2. The zero-order valence-electron chi connectivity index (χ0n) is 13.5. The lowest BCUT2D eigenvalue weighted by molar-refractivity contribution is -0.112. The summed E-state index contributed by atoms with van der Waals surface area (Å²) in [5, 5.41) is 15.5. The number of carbonyl (C=O) groups excluding carboxylic acids is 1. The first-order chi connectivity index (χ1) is 11.5. The molecule has 0 aromatic heterocycles. The number of benzene rings is 2. The first-order valence-corrected chi connectivity index (χ1v) is 7.91. The van der Waals surface area contributed by atoms with E-state index in [-0.39, 0.29) is 5.57 Å². The van der Waals surface area contributed by atoms with Crippen molar-refractivity contribution in [3.8, 4) is 6.07 Å². The van der Waals surface area contributed by atoms with Gasteiger partial charge in [-0.2, -0.15) is 5.26 Å². The van der Waals surface area contributed by atoms with Gasteiger partial charge < -0.3 is 10.6 Å². The van der Waals surface area contributed by atoms with Crippen LogP contribution < -0.4 is 10.6 Å². The maximum absolute atomic E-state index is 12.2. The lowest BCUT2D eigenvalue weighted by Gasteiger charge is -2.12. The lowest BCUT2D eigenvalue weighted by atomic mass is 10.0. The average Bonchev–Trinajstić information content (AvgIpc) is 2.55. The Kier molecular flexibility index (Phi) is 6.00. The normalized spacial score (nSPS) is 11.0. The number of nitrogens with zero attached hydrogens (tertiary/aromatic N) is 1. The second kappa shape index (κ2) is 8.19. The third-order valence-electron chi connectivity index (χ3n) is 3.40. The van der Waals surface area contributed by atoms with Crippen molar-refractivity contribution in [2.45, 2.75) is 19.8 Å². The van der Waals surface area contributed by atoms with Gasteiger partial charge in [0, 0.05) is 22.6 Å². The molecule has 122 valence electrons. The van der Waals surface area contributed by atoms with Crippen molar-refractivity contribution in [1.82, 2.24) is 0 Å². The van der Waals surface area contributed by atoms with Gasteiger partial charge in [0.15, 0.2) is 0 Å². The molecule has 2 aromatic rings. The van der Waals surface area contributed by atoms with E-state index >= 15 is 0 Å². The van der Waals surface area contributed by atoms with Crippen molar-refractivity contribution in [2.24, 2.45) is 0 Å². The van der Waals surface area contributed by atoms with Gasteiger partial charge in [0.2, 0.25) is 0 Å². The van der Waals surface area contributed by atoms with Crippen molar-refractivity contribution in [2.75, 3.05) is 10.6 Å². The first-order valence-electron chi connectivity index (χ1n) is 7.54. The molecule has 2 rings (SSSR count). The average molecular weight is 340 g/mol. The van der Waals surface area contributed by atoms with Gasteiger partial charge in [-0.05, 0) is 35.7 Å². The highest BCUT2D eigenvalue weighted by Gasteiger charge is 2.10. The summed E-state index contributed by atoms with van der Waals surface area (Å²) in [6.07, 6.45) is 1.42. The van der Waals surface area contributed by atoms with E-state index in [0.29, 0.717) is 16.6 Å². The third-order valence-corrected chi connectivity index (χ3v) is 3.64. The van der Waals surface area contributed by atoms with Gasteiger partial charge >= 0.3 is 0 Å². The van der Waals surface area contributed by atoms with Crippen molar-refractivity contribution >= 4 is 28.9 Å². The Hall–Kier alpha value is -2.77. The van der Waals surface area contributed by atoms with Gasteiger partial charge in [-0.15, -0.1) is 0 Å². The molecule has 0 spiro atoms. The molecule has 24 heavy (non-hydrogen) atoms. The molecule has 0 radical (unpaired) electrons. The lowest BCUT2D eigenvalue weighted by Crippen LogP contribution is -2.14. The fourth-order valence-electron chi connectivity index (χ4n) is 2.20. The van der Waals surface area contributed by atoms with Crippen molar-refractivity contribution in [3.63, 3.8) is 0 Å². The highest BCUT2D eigenvalue weighted by molar-refractivity contribution is 6.31. The molecule has 0 saturated carbocycles. The van der Waals surface area contributed by atoms with Crippen LogP contribution in [-0.4, -0.2) is 5.91 Å². The van der Waals surface area contributed by atoms with Gasteiger partial charge in [-0.25, -0.2) is 0 Å². The second-order valence-corrected chi connectivity index (χ2v) is 5.96. The predicted octanol–water partition coefficient (Wildman–Crippen LogP) is 4.92. The van der Waals surface area contributed by atoms with Crippen molar-refractivity contribution < 1.29 is 4.79 Å². The SMILES string of the molecule is CC(C)c1ccccc1N/C=C(/C#N)C(=O)Nc1cccc(Cl)c1. The largest absolute Gasteiger partial charge is 0.360 e. The fraction of sp³-hybridized carbons (Fsp3) is 0.158. The molecular formula is C19H18ClN3O. The molecule has 0 aliphatic rings. The molecule has 2 aromatic carbocycles. The van der Waals surface area contributed by atoms with Crippen LogP contribution in [0.15, 0.2) is 60.3 Å². The number of hydrogen-bond acceptors (Lipinski definition) is 3. The van der Waals surface area contributed by atoms with Crippen LogP contribution in [0.3, 0.4) is 0 Å². The van der Waals surface area contributed by atoms with Crippen LogP contribution in [0.5, 0.6) is 0 Å². The van der Waals surface area contributed by atoms with Gasteiger partial charge in [0.25, 0.3) is 5.91 Å². The molecule has 0 heterocycles. The maximum atomic E-state index is 12.2. The highest BCUT2D eigenvalue weighted by atomic mass is 35.5. The van der Waals surface area contributed by atoms with E-state index in [4.69, 9.17) is 11.6 Å². The first kappa shape index (κ1) is 17.6. The topological polar surface area (TPSA) is 64.9 Å². The summed E-state index contributed by atoms with van der Waals surface area (Å²) in [6, 6.07) is 16.5. The van der Waals surface area contributed by atoms with Gasteiger partial charge in [-0.3, -0.25) is 4.79 Å². The Labute approximate surface area is 146 Å². The summed E-state index contributed by atoms with van der Waals surface area (Å²) in [5.74, 6) is -0.165. The number of halogens is 1. The van der Waals surface area contributed by atoms with E-state index in [1.54, 1.807) is 24.3 Å². The summed E-state index contributed by atoms with van der Waals surface area (Å²) < 4.78 is 0. The molecular weight excluding hydrogens is 322 g/mol. The number of carbonyl (C=O) groups is 1. The molecule has 2 N–H and O–H groups in total. The van der Waals surface area contributed by atoms with Crippen LogP contribution in [0.2, 0.25) is 5.02 Å². The Morgan fingerprint density at radius 2 is 1.96 bits per heavy atom. The van der Waals surface area contributed by atoms with E-state index in [2.05, 4.69) is 24.5 Å². The monoisotopic (exact) mass is 339 g/mol. The van der Waals surface area contributed by atoms with E-state index in [1.807, 2.05) is 30.3 Å².